The molecule has 0 heterocycles. The Bertz CT molecular complexity index is 321. The fourth-order valence-electron chi connectivity index (χ4n) is 1.41. The van der Waals surface area contributed by atoms with Crippen LogP contribution in [0.2, 0.25) is 0 Å². The normalized spacial score (nSPS) is 11.8. The lowest BCUT2D eigenvalue weighted by Crippen LogP contribution is -2.21. The number of methoxy groups -OCH3 is 1. The number of benzene rings is 1. The number of aryl methyl sites for hydroxylation is 1. The molecule has 0 radical (unpaired) electrons. The molecule has 3 heteroatoms. The van der Waals surface area contributed by atoms with Crippen LogP contribution in [0.1, 0.15) is 16.7 Å². The van der Waals surface area contributed by atoms with E-state index in [0.717, 1.165) is 5.56 Å². The summed E-state index contributed by atoms with van der Waals surface area (Å²) in [6, 6.07) is 4.91. The molecule has 0 N–H and O–H groups in total. The number of hydrogen-bond donors (Lipinski definition) is 0. The molecular formula is C11H14F2O. The molecule has 1 nitrogen and oxygen atoms in total. The van der Waals surface area contributed by atoms with Crippen molar-refractivity contribution < 1.29 is 13.5 Å². The minimum absolute atomic E-state index is 0.0550. The molecule has 0 aromatic heterocycles. The van der Waals surface area contributed by atoms with Gasteiger partial charge in [-0.25, -0.2) is 0 Å². The van der Waals surface area contributed by atoms with Crippen molar-refractivity contribution in [3.05, 3.63) is 34.9 Å². The molecule has 0 aliphatic rings. The summed E-state index contributed by atoms with van der Waals surface area (Å²) in [7, 11) is 1.28. The van der Waals surface area contributed by atoms with Gasteiger partial charge in [-0.1, -0.05) is 18.2 Å². The molecule has 0 fully saturated rings. The number of ether oxygens (including phenoxy) is 1. The lowest BCUT2D eigenvalue weighted by Gasteiger charge is -2.18. The number of halogens is 2. The summed E-state index contributed by atoms with van der Waals surface area (Å²) in [4.78, 5) is 0. The Morgan fingerprint density at radius 3 is 2.50 bits per heavy atom. The van der Waals surface area contributed by atoms with E-state index in [1.165, 1.54) is 13.2 Å². The van der Waals surface area contributed by atoms with E-state index in [1.807, 2.05) is 13.0 Å². The Morgan fingerprint density at radius 1 is 1.29 bits per heavy atom. The highest BCUT2D eigenvalue weighted by molar-refractivity contribution is 5.36. The second-order valence-corrected chi connectivity index (χ2v) is 3.38. The first-order chi connectivity index (χ1) is 6.49. The van der Waals surface area contributed by atoms with Crippen molar-refractivity contribution in [2.24, 2.45) is 0 Å². The molecule has 0 spiro atoms. The van der Waals surface area contributed by atoms with Gasteiger partial charge < -0.3 is 4.74 Å². The smallest absolute Gasteiger partial charge is 0.296 e. The summed E-state index contributed by atoms with van der Waals surface area (Å²) in [6.45, 7) is 2.95. The molecule has 0 saturated carbocycles. The van der Waals surface area contributed by atoms with Gasteiger partial charge in [0.05, 0.1) is 0 Å². The van der Waals surface area contributed by atoms with Gasteiger partial charge in [-0.2, -0.15) is 8.78 Å². The van der Waals surface area contributed by atoms with E-state index in [2.05, 4.69) is 4.74 Å². The third-order valence-corrected chi connectivity index (χ3v) is 2.32. The molecule has 0 bridgehead atoms. The fraction of sp³-hybridized carbons (Fsp3) is 0.455. The van der Waals surface area contributed by atoms with E-state index < -0.39 is 12.5 Å². The van der Waals surface area contributed by atoms with Crippen molar-refractivity contribution >= 4 is 0 Å². The molecule has 0 saturated heterocycles. The zero-order chi connectivity index (χ0) is 10.8. The predicted octanol–water partition coefficient (Wildman–Crippen LogP) is 3.04. The van der Waals surface area contributed by atoms with Gasteiger partial charge >= 0.3 is 0 Å². The van der Waals surface area contributed by atoms with Crippen LogP contribution in [-0.4, -0.2) is 13.7 Å². The standard InChI is InChI=1S/C11H14F2O/c1-8-5-4-6-10(9(8)2)11(12,13)7-14-3/h4-6H,7H2,1-3H3. The zero-order valence-electron chi connectivity index (χ0n) is 8.60. The van der Waals surface area contributed by atoms with Crippen molar-refractivity contribution in [3.8, 4) is 0 Å². The Balaban J connectivity index is 3.12. The van der Waals surface area contributed by atoms with Crippen LogP contribution < -0.4 is 0 Å². The first-order valence-corrected chi connectivity index (χ1v) is 4.42. The third kappa shape index (κ3) is 2.10. The van der Waals surface area contributed by atoms with Gasteiger partial charge in [0, 0.05) is 12.7 Å². The van der Waals surface area contributed by atoms with Gasteiger partial charge in [-0.15, -0.1) is 0 Å². The third-order valence-electron chi connectivity index (χ3n) is 2.32. The Morgan fingerprint density at radius 2 is 1.93 bits per heavy atom. The molecule has 0 atom stereocenters. The molecule has 14 heavy (non-hydrogen) atoms. The molecule has 1 aromatic carbocycles. The Kier molecular flexibility index (Phi) is 3.21. The van der Waals surface area contributed by atoms with E-state index in [0.29, 0.717) is 5.56 Å². The van der Waals surface area contributed by atoms with Gasteiger partial charge in [0.15, 0.2) is 0 Å². The van der Waals surface area contributed by atoms with Crippen molar-refractivity contribution in [2.75, 3.05) is 13.7 Å². The van der Waals surface area contributed by atoms with Crippen molar-refractivity contribution in [2.45, 2.75) is 19.8 Å². The van der Waals surface area contributed by atoms with Crippen LogP contribution >= 0.6 is 0 Å². The highest BCUT2D eigenvalue weighted by Crippen LogP contribution is 2.31. The van der Waals surface area contributed by atoms with Crippen LogP contribution in [0, 0.1) is 13.8 Å². The zero-order valence-corrected chi connectivity index (χ0v) is 8.60. The lowest BCUT2D eigenvalue weighted by atomic mass is 9.99. The minimum atomic E-state index is -2.90. The quantitative estimate of drug-likeness (QED) is 0.728. The molecule has 0 unspecified atom stereocenters. The van der Waals surface area contributed by atoms with Gasteiger partial charge in [0.2, 0.25) is 0 Å². The lowest BCUT2D eigenvalue weighted by molar-refractivity contribution is -0.0702. The first-order valence-electron chi connectivity index (χ1n) is 4.42. The van der Waals surface area contributed by atoms with Crippen LogP contribution in [-0.2, 0) is 10.7 Å². The highest BCUT2D eigenvalue weighted by atomic mass is 19.3. The molecule has 0 amide bonds. The Labute approximate surface area is 82.7 Å². The maximum atomic E-state index is 13.5. The van der Waals surface area contributed by atoms with Crippen molar-refractivity contribution in [1.82, 2.24) is 0 Å². The summed E-state index contributed by atoms with van der Waals surface area (Å²) in [5, 5.41) is 0. The SMILES string of the molecule is COCC(F)(F)c1cccc(C)c1C. The molecule has 1 rings (SSSR count). The predicted molar refractivity (Wildman–Crippen MR) is 51.7 cm³/mol. The van der Waals surface area contributed by atoms with Crippen LogP contribution in [0.25, 0.3) is 0 Å². The van der Waals surface area contributed by atoms with Gasteiger partial charge in [0.25, 0.3) is 5.92 Å². The summed E-state index contributed by atoms with van der Waals surface area (Å²) >= 11 is 0. The Hall–Kier alpha value is -0.960. The minimum Gasteiger partial charge on any atom is -0.378 e. The first kappa shape index (κ1) is 11.1. The van der Waals surface area contributed by atoms with Crippen LogP contribution in [0.15, 0.2) is 18.2 Å². The second kappa shape index (κ2) is 4.05. The monoisotopic (exact) mass is 200 g/mol. The topological polar surface area (TPSA) is 9.23 Å². The fourth-order valence-corrected chi connectivity index (χ4v) is 1.41. The van der Waals surface area contributed by atoms with E-state index in [-0.39, 0.29) is 5.56 Å². The molecule has 78 valence electrons. The molecule has 1 aromatic rings. The molecular weight excluding hydrogens is 186 g/mol. The summed E-state index contributed by atoms with van der Waals surface area (Å²) in [6.07, 6.45) is 0. The van der Waals surface area contributed by atoms with Gasteiger partial charge in [0.1, 0.15) is 6.61 Å². The van der Waals surface area contributed by atoms with Crippen LogP contribution in [0.5, 0.6) is 0 Å². The second-order valence-electron chi connectivity index (χ2n) is 3.38. The summed E-state index contributed by atoms with van der Waals surface area (Å²) in [5.41, 5.74) is 1.56. The maximum absolute atomic E-state index is 13.5. The summed E-state index contributed by atoms with van der Waals surface area (Å²) in [5.74, 6) is -2.90. The van der Waals surface area contributed by atoms with E-state index >= 15 is 0 Å². The average Bonchev–Trinajstić information content (AvgIpc) is 2.09. The van der Waals surface area contributed by atoms with Crippen molar-refractivity contribution in [3.63, 3.8) is 0 Å². The van der Waals surface area contributed by atoms with Crippen molar-refractivity contribution in [1.29, 1.82) is 0 Å². The molecule has 0 aliphatic carbocycles. The largest absolute Gasteiger partial charge is 0.378 e. The van der Waals surface area contributed by atoms with Gasteiger partial charge in [-0.3, -0.25) is 0 Å². The van der Waals surface area contributed by atoms with E-state index in [9.17, 15) is 8.78 Å². The maximum Gasteiger partial charge on any atom is 0.296 e. The van der Waals surface area contributed by atoms with E-state index in [4.69, 9.17) is 0 Å². The van der Waals surface area contributed by atoms with Gasteiger partial charge in [-0.05, 0) is 25.0 Å². The number of hydrogen-bond acceptors (Lipinski definition) is 1. The summed E-state index contributed by atoms with van der Waals surface area (Å²) < 4.78 is 31.5. The highest BCUT2D eigenvalue weighted by Gasteiger charge is 2.33. The number of rotatable bonds is 3. The molecule has 0 aliphatic heterocycles. The van der Waals surface area contributed by atoms with Crippen LogP contribution in [0.4, 0.5) is 8.78 Å². The van der Waals surface area contributed by atoms with Crippen LogP contribution in [0.3, 0.4) is 0 Å². The van der Waals surface area contributed by atoms with E-state index in [1.54, 1.807) is 13.0 Å². The number of alkyl halides is 2. The average molecular weight is 200 g/mol.